The predicted octanol–water partition coefficient (Wildman–Crippen LogP) is 1.07. The van der Waals surface area contributed by atoms with Gasteiger partial charge in [-0.1, -0.05) is 24.8 Å². The molecule has 0 aromatic rings. The predicted molar refractivity (Wildman–Crippen MR) is 53.4 cm³/mol. The van der Waals surface area contributed by atoms with Gasteiger partial charge in [0.25, 0.3) is 0 Å². The lowest BCUT2D eigenvalue weighted by Gasteiger charge is -2.24. The second-order valence-electron chi connectivity index (χ2n) is 3.28. The van der Waals surface area contributed by atoms with Crippen molar-refractivity contribution >= 4 is 12.1 Å². The average molecular weight is 211 g/mol. The van der Waals surface area contributed by atoms with Gasteiger partial charge in [0.05, 0.1) is 0 Å². The number of amides is 1. The number of alkyl carbamates (subject to hydrolysis) is 1. The maximum Gasteiger partial charge on any atom is 0.408 e. The molecule has 5 heteroatoms. The molecule has 0 aromatic carbocycles. The standard InChI is InChI=1S/C10H13NO4/c1-2-7-15-9(14)11-10(8(12)13)5-3-4-6-10/h2-4H,1,5-7H2,(H,11,14)(H,12,13). The summed E-state index contributed by atoms with van der Waals surface area (Å²) in [5.74, 6) is -1.05. The first kappa shape index (κ1) is 11.3. The smallest absolute Gasteiger partial charge is 0.408 e. The van der Waals surface area contributed by atoms with E-state index in [-0.39, 0.29) is 19.4 Å². The summed E-state index contributed by atoms with van der Waals surface area (Å²) < 4.78 is 4.67. The van der Waals surface area contributed by atoms with E-state index in [1.165, 1.54) is 6.08 Å². The molecule has 0 spiro atoms. The van der Waals surface area contributed by atoms with Crippen molar-refractivity contribution in [3.05, 3.63) is 24.8 Å². The molecule has 0 saturated heterocycles. The van der Waals surface area contributed by atoms with Crippen molar-refractivity contribution in [3.63, 3.8) is 0 Å². The molecule has 1 amide bonds. The highest BCUT2D eigenvalue weighted by atomic mass is 16.5. The number of carbonyl (C=O) groups is 2. The van der Waals surface area contributed by atoms with Gasteiger partial charge in [-0.3, -0.25) is 0 Å². The lowest BCUT2D eigenvalue weighted by Crippen LogP contribution is -2.52. The van der Waals surface area contributed by atoms with E-state index in [4.69, 9.17) is 5.11 Å². The van der Waals surface area contributed by atoms with E-state index < -0.39 is 17.6 Å². The van der Waals surface area contributed by atoms with Gasteiger partial charge in [0, 0.05) is 0 Å². The molecule has 0 aliphatic heterocycles. The van der Waals surface area contributed by atoms with E-state index in [0.29, 0.717) is 0 Å². The summed E-state index contributed by atoms with van der Waals surface area (Å²) in [6.07, 6.45) is 4.70. The highest BCUT2D eigenvalue weighted by Gasteiger charge is 2.40. The molecular weight excluding hydrogens is 198 g/mol. The Labute approximate surface area is 87.4 Å². The summed E-state index contributed by atoms with van der Waals surface area (Å²) in [6.45, 7) is 3.45. The average Bonchev–Trinajstić information content (AvgIpc) is 2.64. The highest BCUT2D eigenvalue weighted by Crippen LogP contribution is 2.23. The van der Waals surface area contributed by atoms with E-state index in [1.807, 2.05) is 0 Å². The zero-order chi connectivity index (χ0) is 11.3. The van der Waals surface area contributed by atoms with Crippen LogP contribution in [0.5, 0.6) is 0 Å². The van der Waals surface area contributed by atoms with Gasteiger partial charge >= 0.3 is 12.1 Å². The fourth-order valence-electron chi connectivity index (χ4n) is 1.35. The first-order valence-electron chi connectivity index (χ1n) is 4.55. The second kappa shape index (κ2) is 4.63. The van der Waals surface area contributed by atoms with E-state index in [0.717, 1.165) is 0 Å². The maximum atomic E-state index is 11.2. The van der Waals surface area contributed by atoms with Gasteiger partial charge in [0.1, 0.15) is 12.1 Å². The van der Waals surface area contributed by atoms with Crippen molar-refractivity contribution in [1.82, 2.24) is 5.32 Å². The van der Waals surface area contributed by atoms with Gasteiger partial charge in [0.2, 0.25) is 0 Å². The SMILES string of the molecule is C=CCOC(=O)NC1(C(=O)O)CC=CC1. The Kier molecular flexibility index (Phi) is 3.49. The molecule has 1 rings (SSSR count). The zero-order valence-electron chi connectivity index (χ0n) is 8.23. The van der Waals surface area contributed by atoms with Crippen LogP contribution < -0.4 is 5.32 Å². The number of rotatable bonds is 4. The Morgan fingerprint density at radius 1 is 1.53 bits per heavy atom. The van der Waals surface area contributed by atoms with Crippen LogP contribution in [0.25, 0.3) is 0 Å². The van der Waals surface area contributed by atoms with Gasteiger partial charge < -0.3 is 15.2 Å². The number of ether oxygens (including phenoxy) is 1. The largest absolute Gasteiger partial charge is 0.479 e. The highest BCUT2D eigenvalue weighted by molar-refractivity contribution is 5.85. The Balaban J connectivity index is 2.56. The minimum atomic E-state index is -1.24. The molecule has 0 heterocycles. The van der Waals surface area contributed by atoms with Gasteiger partial charge in [-0.15, -0.1) is 0 Å². The summed E-state index contributed by atoms with van der Waals surface area (Å²) >= 11 is 0. The van der Waals surface area contributed by atoms with Crippen LogP contribution in [0.3, 0.4) is 0 Å². The van der Waals surface area contributed by atoms with Crippen LogP contribution in [-0.2, 0) is 9.53 Å². The van der Waals surface area contributed by atoms with Crippen molar-refractivity contribution in [1.29, 1.82) is 0 Å². The number of hydrogen-bond acceptors (Lipinski definition) is 3. The van der Waals surface area contributed by atoms with Crippen LogP contribution in [0.1, 0.15) is 12.8 Å². The van der Waals surface area contributed by atoms with Crippen molar-refractivity contribution in [3.8, 4) is 0 Å². The summed E-state index contributed by atoms with van der Waals surface area (Å²) in [4.78, 5) is 22.2. The van der Waals surface area contributed by atoms with Crippen LogP contribution in [0.4, 0.5) is 4.79 Å². The van der Waals surface area contributed by atoms with E-state index in [9.17, 15) is 9.59 Å². The lowest BCUT2D eigenvalue weighted by atomic mass is 9.97. The van der Waals surface area contributed by atoms with E-state index in [2.05, 4.69) is 16.6 Å². The van der Waals surface area contributed by atoms with Crippen LogP contribution in [-0.4, -0.2) is 29.3 Å². The normalized spacial score (nSPS) is 17.1. The molecule has 0 atom stereocenters. The van der Waals surface area contributed by atoms with Gasteiger partial charge in [-0.2, -0.15) is 0 Å². The summed E-state index contributed by atoms with van der Waals surface area (Å²) in [5, 5.41) is 11.4. The first-order valence-corrected chi connectivity index (χ1v) is 4.55. The molecule has 0 unspecified atom stereocenters. The van der Waals surface area contributed by atoms with Crippen molar-refractivity contribution in [2.45, 2.75) is 18.4 Å². The quantitative estimate of drug-likeness (QED) is 0.682. The molecule has 5 nitrogen and oxygen atoms in total. The Bertz CT molecular complexity index is 301. The van der Waals surface area contributed by atoms with Crippen molar-refractivity contribution in [2.75, 3.05) is 6.61 Å². The molecule has 82 valence electrons. The molecule has 1 aliphatic rings. The fourth-order valence-corrected chi connectivity index (χ4v) is 1.35. The van der Waals surface area contributed by atoms with E-state index in [1.54, 1.807) is 12.2 Å². The molecule has 0 aromatic heterocycles. The Morgan fingerprint density at radius 3 is 2.60 bits per heavy atom. The van der Waals surface area contributed by atoms with Crippen LogP contribution in [0.15, 0.2) is 24.8 Å². The summed E-state index contributed by atoms with van der Waals surface area (Å²) in [5.41, 5.74) is -1.24. The molecule has 15 heavy (non-hydrogen) atoms. The van der Waals surface area contributed by atoms with Crippen LogP contribution >= 0.6 is 0 Å². The number of carboxylic acids is 1. The number of aliphatic carboxylic acids is 1. The molecule has 0 radical (unpaired) electrons. The Morgan fingerprint density at radius 2 is 2.13 bits per heavy atom. The third-order valence-corrected chi connectivity index (χ3v) is 2.18. The molecular formula is C10H13NO4. The second-order valence-corrected chi connectivity index (χ2v) is 3.28. The van der Waals surface area contributed by atoms with E-state index >= 15 is 0 Å². The molecule has 0 fully saturated rings. The van der Waals surface area contributed by atoms with Gasteiger partial charge in [-0.05, 0) is 12.8 Å². The van der Waals surface area contributed by atoms with Crippen molar-refractivity contribution in [2.24, 2.45) is 0 Å². The minimum Gasteiger partial charge on any atom is -0.479 e. The zero-order valence-corrected chi connectivity index (χ0v) is 8.23. The molecule has 2 N–H and O–H groups in total. The third-order valence-electron chi connectivity index (χ3n) is 2.18. The van der Waals surface area contributed by atoms with Crippen molar-refractivity contribution < 1.29 is 19.4 Å². The van der Waals surface area contributed by atoms with Crippen LogP contribution in [0.2, 0.25) is 0 Å². The van der Waals surface area contributed by atoms with Gasteiger partial charge in [-0.25, -0.2) is 9.59 Å². The third kappa shape index (κ3) is 2.59. The summed E-state index contributed by atoms with van der Waals surface area (Å²) in [6, 6.07) is 0. The van der Waals surface area contributed by atoms with Crippen LogP contribution in [0, 0.1) is 0 Å². The Hall–Kier alpha value is -1.78. The molecule has 1 aliphatic carbocycles. The molecule has 0 saturated carbocycles. The first-order chi connectivity index (χ1) is 7.10. The maximum absolute atomic E-state index is 11.2. The molecule has 0 bridgehead atoms. The summed E-state index contributed by atoms with van der Waals surface area (Å²) in [7, 11) is 0. The number of carbonyl (C=O) groups excluding carboxylic acids is 1. The number of nitrogens with one attached hydrogen (secondary N) is 1. The monoisotopic (exact) mass is 211 g/mol. The number of hydrogen-bond donors (Lipinski definition) is 2. The minimum absolute atomic E-state index is 0.0644. The lowest BCUT2D eigenvalue weighted by molar-refractivity contribution is -0.144. The number of carboxylic acid groups (broad SMARTS) is 1. The topological polar surface area (TPSA) is 75.6 Å². The van der Waals surface area contributed by atoms with Gasteiger partial charge in [0.15, 0.2) is 0 Å². The fraction of sp³-hybridized carbons (Fsp3) is 0.400.